The lowest BCUT2D eigenvalue weighted by molar-refractivity contribution is 0.101. The fraction of sp³-hybridized carbons (Fsp3) is 0. The first-order valence-electron chi connectivity index (χ1n) is 5.11. The molecule has 0 radical (unpaired) electrons. The highest BCUT2D eigenvalue weighted by atomic mass is 79.9. The normalized spacial score (nSPS) is 11.0. The van der Waals surface area contributed by atoms with E-state index in [1.807, 2.05) is 0 Å². The number of ketones is 1. The van der Waals surface area contributed by atoms with Crippen molar-refractivity contribution in [3.05, 3.63) is 55.8 Å². The van der Waals surface area contributed by atoms with Crippen LogP contribution in [0, 0.1) is 0 Å². The Morgan fingerprint density at radius 2 is 2.11 bits per heavy atom. The number of thiophene rings is 1. The minimum absolute atomic E-state index is 0.121. The quantitative estimate of drug-likeness (QED) is 0.604. The van der Waals surface area contributed by atoms with Crippen molar-refractivity contribution < 1.29 is 9.21 Å². The Hall–Kier alpha value is -1.10. The maximum absolute atomic E-state index is 12.2. The first-order valence-corrected chi connectivity index (χ1v) is 7.16. The highest BCUT2D eigenvalue weighted by Gasteiger charge is 2.16. The summed E-state index contributed by atoms with van der Waals surface area (Å²) in [7, 11) is 0. The van der Waals surface area contributed by atoms with Gasteiger partial charge in [0, 0.05) is 21.4 Å². The molecule has 0 aliphatic heterocycles. The van der Waals surface area contributed by atoms with E-state index in [0.29, 0.717) is 21.9 Å². The molecule has 0 aliphatic rings. The van der Waals surface area contributed by atoms with Gasteiger partial charge in [0.25, 0.3) is 0 Å². The number of carbonyl (C=O) groups is 1. The van der Waals surface area contributed by atoms with Gasteiger partial charge in [-0.1, -0.05) is 11.6 Å². The summed E-state index contributed by atoms with van der Waals surface area (Å²) in [6, 6.07) is 8.78. The summed E-state index contributed by atoms with van der Waals surface area (Å²) in [4.78, 5) is 12.2. The van der Waals surface area contributed by atoms with Crippen molar-refractivity contribution in [3.63, 3.8) is 0 Å². The molecule has 18 heavy (non-hydrogen) atoms. The van der Waals surface area contributed by atoms with Crippen molar-refractivity contribution in [3.8, 4) is 0 Å². The smallest absolute Gasteiger partial charge is 0.229 e. The fourth-order valence-corrected chi connectivity index (χ4v) is 3.01. The summed E-state index contributed by atoms with van der Waals surface area (Å²) in [6.45, 7) is 0. The van der Waals surface area contributed by atoms with E-state index in [0.717, 1.165) is 9.17 Å². The van der Waals surface area contributed by atoms with Crippen LogP contribution < -0.4 is 0 Å². The van der Waals surface area contributed by atoms with Crippen LogP contribution in [0.1, 0.15) is 16.1 Å². The molecule has 0 saturated heterocycles. The molecule has 3 aromatic rings. The van der Waals surface area contributed by atoms with Crippen LogP contribution in [-0.4, -0.2) is 5.78 Å². The molecular formula is C13H6BrClO2S. The fourth-order valence-electron chi connectivity index (χ4n) is 1.70. The van der Waals surface area contributed by atoms with Crippen molar-refractivity contribution in [1.82, 2.24) is 0 Å². The average Bonchev–Trinajstić information content (AvgIpc) is 2.93. The molecule has 90 valence electrons. The second-order valence-electron chi connectivity index (χ2n) is 3.76. The molecule has 2 heterocycles. The van der Waals surface area contributed by atoms with Crippen molar-refractivity contribution in [2.45, 2.75) is 0 Å². The Kier molecular flexibility index (Phi) is 3.01. The third kappa shape index (κ3) is 2.11. The second kappa shape index (κ2) is 4.53. The third-order valence-corrected chi connectivity index (χ3v) is 4.27. The van der Waals surface area contributed by atoms with E-state index in [1.54, 1.807) is 35.7 Å². The highest BCUT2D eigenvalue weighted by Crippen LogP contribution is 2.27. The molecule has 1 aromatic carbocycles. The summed E-state index contributed by atoms with van der Waals surface area (Å²) in [5, 5.41) is 3.26. The summed E-state index contributed by atoms with van der Waals surface area (Å²) in [5.41, 5.74) is 1.29. The topological polar surface area (TPSA) is 30.2 Å². The summed E-state index contributed by atoms with van der Waals surface area (Å²) >= 11 is 10.7. The molecule has 0 fully saturated rings. The van der Waals surface area contributed by atoms with Gasteiger partial charge in [-0.15, -0.1) is 11.3 Å². The predicted molar refractivity (Wildman–Crippen MR) is 76.7 cm³/mol. The zero-order valence-electron chi connectivity index (χ0n) is 8.94. The van der Waals surface area contributed by atoms with Gasteiger partial charge in [0.2, 0.25) is 5.78 Å². The van der Waals surface area contributed by atoms with Crippen molar-refractivity contribution >= 4 is 55.6 Å². The Labute approximate surface area is 120 Å². The minimum atomic E-state index is -0.121. The van der Waals surface area contributed by atoms with E-state index in [-0.39, 0.29) is 5.78 Å². The number of carbonyl (C=O) groups excluding carboxylic acids is 1. The van der Waals surface area contributed by atoms with Crippen LogP contribution in [0.3, 0.4) is 0 Å². The van der Waals surface area contributed by atoms with Crippen molar-refractivity contribution in [1.29, 1.82) is 0 Å². The van der Waals surface area contributed by atoms with E-state index in [2.05, 4.69) is 15.9 Å². The van der Waals surface area contributed by atoms with E-state index in [4.69, 9.17) is 16.0 Å². The molecule has 0 spiro atoms. The largest absolute Gasteiger partial charge is 0.453 e. The molecular weight excluding hydrogens is 336 g/mol. The lowest BCUT2D eigenvalue weighted by Gasteiger charge is -1.91. The number of halogens is 2. The third-order valence-electron chi connectivity index (χ3n) is 2.53. The molecule has 0 unspecified atom stereocenters. The van der Waals surface area contributed by atoms with Crippen LogP contribution in [0.25, 0.3) is 11.0 Å². The van der Waals surface area contributed by atoms with Gasteiger partial charge < -0.3 is 4.42 Å². The number of hydrogen-bond acceptors (Lipinski definition) is 3. The van der Waals surface area contributed by atoms with E-state index in [9.17, 15) is 4.79 Å². The second-order valence-corrected chi connectivity index (χ2v) is 6.49. The SMILES string of the molecule is O=C(c1csc(Br)c1)c1cc2cc(Cl)ccc2o1. The van der Waals surface area contributed by atoms with Gasteiger partial charge in [-0.25, -0.2) is 0 Å². The van der Waals surface area contributed by atoms with E-state index >= 15 is 0 Å². The first-order chi connectivity index (χ1) is 8.63. The van der Waals surface area contributed by atoms with Crippen LogP contribution in [0.15, 0.2) is 43.9 Å². The van der Waals surface area contributed by atoms with Gasteiger partial charge >= 0.3 is 0 Å². The van der Waals surface area contributed by atoms with Crippen LogP contribution in [0.4, 0.5) is 0 Å². The highest BCUT2D eigenvalue weighted by molar-refractivity contribution is 9.11. The number of hydrogen-bond donors (Lipinski definition) is 0. The molecule has 5 heteroatoms. The van der Waals surface area contributed by atoms with Gasteiger partial charge in [0.15, 0.2) is 5.76 Å². The maximum atomic E-state index is 12.2. The van der Waals surface area contributed by atoms with Crippen LogP contribution in [0.5, 0.6) is 0 Å². The number of benzene rings is 1. The predicted octanol–water partition coefficient (Wildman–Crippen LogP) is 5.14. The number of furan rings is 1. The standard InChI is InChI=1S/C13H6BrClO2S/c14-12-5-8(6-18-12)13(16)11-4-7-3-9(15)1-2-10(7)17-11/h1-6H. The Morgan fingerprint density at radius 3 is 2.83 bits per heavy atom. The monoisotopic (exact) mass is 340 g/mol. The van der Waals surface area contributed by atoms with Gasteiger partial charge in [0.05, 0.1) is 3.79 Å². The lowest BCUT2D eigenvalue weighted by Crippen LogP contribution is -1.96. The van der Waals surface area contributed by atoms with Crippen LogP contribution in [0.2, 0.25) is 5.02 Å². The van der Waals surface area contributed by atoms with E-state index in [1.165, 1.54) is 11.3 Å². The zero-order valence-corrected chi connectivity index (χ0v) is 12.1. The molecule has 2 nitrogen and oxygen atoms in total. The molecule has 3 rings (SSSR count). The maximum Gasteiger partial charge on any atom is 0.229 e. The van der Waals surface area contributed by atoms with Crippen LogP contribution >= 0.6 is 38.9 Å². The molecule has 0 bridgehead atoms. The summed E-state index contributed by atoms with van der Waals surface area (Å²) in [5.74, 6) is 0.210. The number of fused-ring (bicyclic) bond motifs is 1. The average molecular weight is 342 g/mol. The first kappa shape index (κ1) is 12.0. The molecule has 0 N–H and O–H groups in total. The van der Waals surface area contributed by atoms with Gasteiger partial charge in [0.1, 0.15) is 5.58 Å². The van der Waals surface area contributed by atoms with Gasteiger partial charge in [-0.3, -0.25) is 4.79 Å². The molecule has 0 atom stereocenters. The Balaban J connectivity index is 2.06. The lowest BCUT2D eigenvalue weighted by atomic mass is 10.1. The molecule has 0 aliphatic carbocycles. The summed E-state index contributed by atoms with van der Waals surface area (Å²) < 4.78 is 6.45. The Morgan fingerprint density at radius 1 is 1.28 bits per heavy atom. The number of rotatable bonds is 2. The van der Waals surface area contributed by atoms with Crippen LogP contribution in [-0.2, 0) is 0 Å². The Bertz CT molecular complexity index is 744. The minimum Gasteiger partial charge on any atom is -0.453 e. The molecule has 0 saturated carbocycles. The van der Waals surface area contributed by atoms with Crippen molar-refractivity contribution in [2.75, 3.05) is 0 Å². The van der Waals surface area contributed by atoms with Crippen molar-refractivity contribution in [2.24, 2.45) is 0 Å². The van der Waals surface area contributed by atoms with Gasteiger partial charge in [-0.2, -0.15) is 0 Å². The van der Waals surface area contributed by atoms with E-state index < -0.39 is 0 Å². The molecule has 0 amide bonds. The molecule has 2 aromatic heterocycles. The zero-order chi connectivity index (χ0) is 12.7. The van der Waals surface area contributed by atoms with Gasteiger partial charge in [-0.05, 0) is 46.3 Å². The summed E-state index contributed by atoms with van der Waals surface area (Å²) in [6.07, 6.45) is 0.